The van der Waals surface area contributed by atoms with Gasteiger partial charge in [-0.25, -0.2) is 4.98 Å². The molecular formula is C11H19N3O. The highest BCUT2D eigenvalue weighted by atomic mass is 16.5. The molecule has 1 fully saturated rings. The molecule has 0 spiro atoms. The lowest BCUT2D eigenvalue weighted by Gasteiger charge is -2.35. The van der Waals surface area contributed by atoms with Crippen molar-refractivity contribution < 1.29 is 4.74 Å². The molecule has 0 aromatic carbocycles. The average Bonchev–Trinajstić information content (AvgIpc) is 2.65. The molecule has 15 heavy (non-hydrogen) atoms. The fraction of sp³-hybridized carbons (Fsp3) is 0.727. The minimum atomic E-state index is 0.497. The minimum Gasteiger partial charge on any atom is -0.378 e. The Hall–Kier alpha value is -0.870. The summed E-state index contributed by atoms with van der Waals surface area (Å²) in [5, 5.41) is 0. The van der Waals surface area contributed by atoms with Crippen molar-refractivity contribution in [3.63, 3.8) is 0 Å². The van der Waals surface area contributed by atoms with Crippen LogP contribution in [0.25, 0.3) is 0 Å². The first-order valence-electron chi connectivity index (χ1n) is 5.60. The minimum absolute atomic E-state index is 0.497. The third-order valence-electron chi connectivity index (χ3n) is 3.09. The lowest BCUT2D eigenvalue weighted by atomic mass is 10.2. The van der Waals surface area contributed by atoms with E-state index in [9.17, 15) is 0 Å². The van der Waals surface area contributed by atoms with E-state index in [-0.39, 0.29) is 0 Å². The first-order valence-corrected chi connectivity index (χ1v) is 5.60. The zero-order valence-corrected chi connectivity index (χ0v) is 9.52. The molecule has 1 atom stereocenters. The molecule has 1 unspecified atom stereocenters. The zero-order valence-electron chi connectivity index (χ0n) is 9.52. The van der Waals surface area contributed by atoms with E-state index in [0.29, 0.717) is 6.04 Å². The van der Waals surface area contributed by atoms with E-state index in [1.54, 1.807) is 0 Å². The first kappa shape index (κ1) is 10.6. The van der Waals surface area contributed by atoms with Crippen molar-refractivity contribution in [2.24, 2.45) is 0 Å². The second kappa shape index (κ2) is 4.77. The van der Waals surface area contributed by atoms with Crippen LogP contribution in [0, 0.1) is 6.92 Å². The number of morpholine rings is 1. The van der Waals surface area contributed by atoms with Gasteiger partial charge in [0.25, 0.3) is 0 Å². The summed E-state index contributed by atoms with van der Waals surface area (Å²) in [6.45, 7) is 9.09. The van der Waals surface area contributed by atoms with Crippen LogP contribution >= 0.6 is 0 Å². The normalized spacial score (nSPS) is 23.2. The molecule has 2 heterocycles. The third kappa shape index (κ3) is 2.38. The second-order valence-corrected chi connectivity index (χ2v) is 3.98. The number of rotatable bonds is 3. The van der Waals surface area contributed by atoms with Crippen LogP contribution in [0.2, 0.25) is 0 Å². The maximum atomic E-state index is 5.53. The highest BCUT2D eigenvalue weighted by Crippen LogP contribution is 2.09. The highest BCUT2D eigenvalue weighted by molar-refractivity contribution is 4.90. The van der Waals surface area contributed by atoms with E-state index in [4.69, 9.17) is 4.74 Å². The summed E-state index contributed by atoms with van der Waals surface area (Å²) in [7, 11) is 0. The number of likely N-dealkylation sites (N-methyl/N-ethyl adjacent to an activating group) is 1. The van der Waals surface area contributed by atoms with Crippen LogP contribution in [-0.4, -0.2) is 46.8 Å². The Morgan fingerprint density at radius 3 is 3.13 bits per heavy atom. The van der Waals surface area contributed by atoms with Gasteiger partial charge in [0.2, 0.25) is 0 Å². The molecule has 0 radical (unpaired) electrons. The van der Waals surface area contributed by atoms with E-state index >= 15 is 0 Å². The molecular weight excluding hydrogens is 190 g/mol. The molecule has 1 aromatic heterocycles. The van der Waals surface area contributed by atoms with Crippen molar-refractivity contribution in [3.05, 3.63) is 18.2 Å². The van der Waals surface area contributed by atoms with Gasteiger partial charge < -0.3 is 9.30 Å². The predicted octanol–water partition coefficient (Wildman–Crippen LogP) is 0.912. The van der Waals surface area contributed by atoms with Crippen LogP contribution in [0.5, 0.6) is 0 Å². The van der Waals surface area contributed by atoms with Crippen molar-refractivity contribution in [2.75, 3.05) is 26.3 Å². The Kier molecular flexibility index (Phi) is 3.38. The molecule has 1 saturated heterocycles. The van der Waals surface area contributed by atoms with Crippen LogP contribution in [0.4, 0.5) is 0 Å². The fourth-order valence-electron chi connectivity index (χ4n) is 2.10. The topological polar surface area (TPSA) is 30.3 Å². The van der Waals surface area contributed by atoms with Crippen molar-refractivity contribution >= 4 is 0 Å². The van der Waals surface area contributed by atoms with Crippen LogP contribution in [-0.2, 0) is 11.3 Å². The summed E-state index contributed by atoms with van der Waals surface area (Å²) >= 11 is 0. The van der Waals surface area contributed by atoms with Crippen LogP contribution in [0.15, 0.2) is 12.4 Å². The van der Waals surface area contributed by atoms with E-state index in [0.717, 1.165) is 38.7 Å². The second-order valence-electron chi connectivity index (χ2n) is 3.98. The third-order valence-corrected chi connectivity index (χ3v) is 3.09. The Balaban J connectivity index is 2.00. The number of aromatic nitrogens is 2. The van der Waals surface area contributed by atoms with Gasteiger partial charge in [0.15, 0.2) is 0 Å². The van der Waals surface area contributed by atoms with Gasteiger partial charge in [0.1, 0.15) is 5.82 Å². The summed E-state index contributed by atoms with van der Waals surface area (Å²) in [6, 6.07) is 0.497. The van der Waals surface area contributed by atoms with Crippen molar-refractivity contribution in [3.8, 4) is 0 Å². The summed E-state index contributed by atoms with van der Waals surface area (Å²) in [5.74, 6) is 1.08. The molecule has 0 aliphatic carbocycles. The van der Waals surface area contributed by atoms with Crippen molar-refractivity contribution in [1.82, 2.24) is 14.5 Å². The van der Waals surface area contributed by atoms with E-state index in [1.165, 1.54) is 0 Å². The largest absolute Gasteiger partial charge is 0.378 e. The summed E-state index contributed by atoms with van der Waals surface area (Å²) in [6.07, 6.45) is 3.90. The van der Waals surface area contributed by atoms with Crippen LogP contribution in [0.1, 0.15) is 12.7 Å². The van der Waals surface area contributed by atoms with Gasteiger partial charge in [-0.3, -0.25) is 4.90 Å². The van der Waals surface area contributed by atoms with Gasteiger partial charge >= 0.3 is 0 Å². The van der Waals surface area contributed by atoms with E-state index < -0.39 is 0 Å². The number of nitrogens with zero attached hydrogens (tertiary/aromatic N) is 3. The molecule has 0 amide bonds. The van der Waals surface area contributed by atoms with Crippen LogP contribution in [0.3, 0.4) is 0 Å². The summed E-state index contributed by atoms with van der Waals surface area (Å²) < 4.78 is 7.72. The molecule has 0 bridgehead atoms. The summed E-state index contributed by atoms with van der Waals surface area (Å²) in [5.41, 5.74) is 0. The number of imidazole rings is 1. The SMILES string of the molecule is CCN1CCOCC1Cn1ccnc1C. The fourth-order valence-corrected chi connectivity index (χ4v) is 2.10. The molecule has 0 saturated carbocycles. The number of hydrogen-bond donors (Lipinski definition) is 0. The Bertz CT molecular complexity index is 311. The lowest BCUT2D eigenvalue weighted by Crippen LogP contribution is -2.47. The van der Waals surface area contributed by atoms with Crippen molar-refractivity contribution in [2.45, 2.75) is 26.4 Å². The molecule has 0 N–H and O–H groups in total. The number of hydrogen-bond acceptors (Lipinski definition) is 3. The molecule has 1 aliphatic heterocycles. The summed E-state index contributed by atoms with van der Waals surface area (Å²) in [4.78, 5) is 6.71. The van der Waals surface area contributed by atoms with E-state index in [2.05, 4.69) is 21.4 Å². The smallest absolute Gasteiger partial charge is 0.105 e. The molecule has 84 valence electrons. The predicted molar refractivity (Wildman–Crippen MR) is 58.8 cm³/mol. The van der Waals surface area contributed by atoms with Gasteiger partial charge in [-0.2, -0.15) is 0 Å². The van der Waals surface area contributed by atoms with Gasteiger partial charge in [-0.15, -0.1) is 0 Å². The van der Waals surface area contributed by atoms with Gasteiger partial charge in [0, 0.05) is 25.5 Å². The average molecular weight is 209 g/mol. The Morgan fingerprint density at radius 2 is 2.47 bits per heavy atom. The highest BCUT2D eigenvalue weighted by Gasteiger charge is 2.21. The van der Waals surface area contributed by atoms with Gasteiger partial charge in [-0.1, -0.05) is 6.92 Å². The van der Waals surface area contributed by atoms with Crippen LogP contribution < -0.4 is 0 Å². The van der Waals surface area contributed by atoms with Crippen molar-refractivity contribution in [1.29, 1.82) is 0 Å². The van der Waals surface area contributed by atoms with Gasteiger partial charge in [0.05, 0.1) is 19.3 Å². The molecule has 4 heteroatoms. The quantitative estimate of drug-likeness (QED) is 0.741. The number of aryl methyl sites for hydroxylation is 1. The maximum Gasteiger partial charge on any atom is 0.105 e. The molecule has 1 aliphatic rings. The van der Waals surface area contributed by atoms with E-state index in [1.807, 2.05) is 19.3 Å². The maximum absolute atomic E-state index is 5.53. The van der Waals surface area contributed by atoms with Gasteiger partial charge in [-0.05, 0) is 13.5 Å². The first-order chi connectivity index (χ1) is 7.31. The number of ether oxygens (including phenoxy) is 1. The lowest BCUT2D eigenvalue weighted by molar-refractivity contribution is -0.0110. The Morgan fingerprint density at radius 1 is 1.60 bits per heavy atom. The molecule has 2 rings (SSSR count). The monoisotopic (exact) mass is 209 g/mol. The zero-order chi connectivity index (χ0) is 10.7. The standard InChI is InChI=1S/C11H19N3O/c1-3-13-6-7-15-9-11(13)8-14-5-4-12-10(14)2/h4-5,11H,3,6-9H2,1-2H3. The molecule has 1 aromatic rings. The molecule has 4 nitrogen and oxygen atoms in total. The Labute approximate surface area is 90.9 Å².